The van der Waals surface area contributed by atoms with Crippen LogP contribution in [-0.2, 0) is 17.8 Å². The van der Waals surface area contributed by atoms with Crippen LogP contribution in [0.5, 0.6) is 11.5 Å². The number of ether oxygens (including phenoxy) is 2. The molecule has 0 unspecified atom stereocenters. The van der Waals surface area contributed by atoms with Gasteiger partial charge in [0.05, 0.1) is 0 Å². The molecule has 1 aromatic heterocycles. The molecule has 3 heterocycles. The number of amides is 1. The maximum atomic E-state index is 12.3. The Balaban J connectivity index is 1.24. The summed E-state index contributed by atoms with van der Waals surface area (Å²) < 4.78 is 15.7. The van der Waals surface area contributed by atoms with Crippen LogP contribution in [0.2, 0.25) is 0 Å². The third kappa shape index (κ3) is 3.75. The number of fused-ring (bicyclic) bond motifs is 1. The van der Waals surface area contributed by atoms with Gasteiger partial charge in [0, 0.05) is 51.6 Å². The zero-order valence-corrected chi connectivity index (χ0v) is 14.4. The summed E-state index contributed by atoms with van der Waals surface area (Å²) in [5.74, 6) is 2.21. The zero-order valence-electron chi connectivity index (χ0n) is 14.4. The van der Waals surface area contributed by atoms with E-state index in [1.165, 1.54) is 11.6 Å². The lowest BCUT2D eigenvalue weighted by molar-refractivity contribution is -0.133. The number of nitrogens with zero attached hydrogens (tertiary/aromatic N) is 2. The van der Waals surface area contributed by atoms with Crippen molar-refractivity contribution in [1.29, 1.82) is 0 Å². The van der Waals surface area contributed by atoms with Crippen LogP contribution >= 0.6 is 0 Å². The normalized spacial score (nSPS) is 16.8. The molecule has 26 heavy (non-hydrogen) atoms. The van der Waals surface area contributed by atoms with Crippen molar-refractivity contribution in [2.24, 2.45) is 0 Å². The first-order chi connectivity index (χ1) is 12.7. The third-order valence-electron chi connectivity index (χ3n) is 4.73. The summed E-state index contributed by atoms with van der Waals surface area (Å²) in [7, 11) is 0. The summed E-state index contributed by atoms with van der Waals surface area (Å²) >= 11 is 0. The van der Waals surface area contributed by atoms with Crippen LogP contribution in [0.15, 0.2) is 33.6 Å². The number of aromatic amines is 1. The van der Waals surface area contributed by atoms with Gasteiger partial charge in [-0.25, -0.2) is 0 Å². The monoisotopic (exact) mass is 359 g/mol. The van der Waals surface area contributed by atoms with Gasteiger partial charge in [-0.3, -0.25) is 14.5 Å². The first-order valence-corrected chi connectivity index (χ1v) is 8.73. The molecule has 138 valence electrons. The van der Waals surface area contributed by atoms with Crippen LogP contribution in [-0.4, -0.2) is 53.8 Å². The van der Waals surface area contributed by atoms with Crippen molar-refractivity contribution in [1.82, 2.24) is 15.0 Å². The summed E-state index contributed by atoms with van der Waals surface area (Å²) in [4.78, 5) is 27.5. The topological polar surface area (TPSA) is 88.0 Å². The highest BCUT2D eigenvalue weighted by Crippen LogP contribution is 2.32. The van der Waals surface area contributed by atoms with E-state index in [-0.39, 0.29) is 18.3 Å². The minimum atomic E-state index is -0.274. The van der Waals surface area contributed by atoms with Crippen molar-refractivity contribution in [2.45, 2.75) is 19.4 Å². The van der Waals surface area contributed by atoms with Gasteiger partial charge in [0.15, 0.2) is 11.5 Å². The van der Waals surface area contributed by atoms with Gasteiger partial charge in [-0.1, -0.05) is 6.07 Å². The van der Waals surface area contributed by atoms with E-state index in [1.54, 1.807) is 0 Å². The first kappa shape index (κ1) is 16.7. The minimum Gasteiger partial charge on any atom is -0.454 e. The second-order valence-electron chi connectivity index (χ2n) is 6.52. The van der Waals surface area contributed by atoms with Gasteiger partial charge in [-0.2, -0.15) is 5.16 Å². The van der Waals surface area contributed by atoms with E-state index >= 15 is 0 Å². The molecule has 2 aliphatic heterocycles. The Labute approximate surface area is 150 Å². The molecular weight excluding hydrogens is 338 g/mol. The van der Waals surface area contributed by atoms with Crippen LogP contribution < -0.4 is 15.0 Å². The summed E-state index contributed by atoms with van der Waals surface area (Å²) in [6.45, 7) is 4.19. The smallest absolute Gasteiger partial charge is 0.280 e. The van der Waals surface area contributed by atoms with Gasteiger partial charge >= 0.3 is 0 Å². The highest BCUT2D eigenvalue weighted by Gasteiger charge is 2.22. The Kier molecular flexibility index (Phi) is 4.66. The lowest BCUT2D eigenvalue weighted by Crippen LogP contribution is -2.48. The van der Waals surface area contributed by atoms with Gasteiger partial charge in [0.1, 0.15) is 5.76 Å². The maximum absolute atomic E-state index is 12.3. The van der Waals surface area contributed by atoms with Crippen molar-refractivity contribution in [3.8, 4) is 11.5 Å². The van der Waals surface area contributed by atoms with Crippen LogP contribution in [0.25, 0.3) is 0 Å². The molecule has 1 N–H and O–H groups in total. The van der Waals surface area contributed by atoms with E-state index in [0.29, 0.717) is 31.7 Å². The number of hydrogen-bond acceptors (Lipinski definition) is 6. The molecule has 1 aromatic carbocycles. The second kappa shape index (κ2) is 7.25. The number of hydrogen-bond donors (Lipinski definition) is 1. The SMILES string of the molecule is O=C(CCc1cc(=O)[nH]o1)N1CCN(Cc2ccc3c(c2)OCO3)CC1. The minimum absolute atomic E-state index is 0.0941. The molecule has 2 aliphatic rings. The molecule has 0 spiro atoms. The fourth-order valence-electron chi connectivity index (χ4n) is 3.29. The van der Waals surface area contributed by atoms with E-state index in [1.807, 2.05) is 17.0 Å². The molecule has 0 saturated carbocycles. The summed E-state index contributed by atoms with van der Waals surface area (Å²) in [6.07, 6.45) is 0.790. The standard InChI is InChI=1S/C18H21N3O5/c22-17-10-14(26-19-17)2-4-18(23)21-7-5-20(6-8-21)11-13-1-3-15-16(9-13)25-12-24-15/h1,3,9-10H,2,4-8,11-12H2,(H,19,22). The molecule has 0 radical (unpaired) electrons. The van der Waals surface area contributed by atoms with Crippen LogP contribution in [0, 0.1) is 0 Å². The molecule has 2 aromatic rings. The van der Waals surface area contributed by atoms with Crippen molar-refractivity contribution in [3.63, 3.8) is 0 Å². The molecule has 1 saturated heterocycles. The molecule has 8 heteroatoms. The molecule has 4 rings (SSSR count). The summed E-state index contributed by atoms with van der Waals surface area (Å²) in [5.41, 5.74) is 0.904. The van der Waals surface area contributed by atoms with Gasteiger partial charge in [0.2, 0.25) is 12.7 Å². The third-order valence-corrected chi connectivity index (χ3v) is 4.73. The average molecular weight is 359 g/mol. The quantitative estimate of drug-likeness (QED) is 0.856. The number of piperazine rings is 1. The van der Waals surface area contributed by atoms with Gasteiger partial charge in [-0.05, 0) is 17.7 Å². The van der Waals surface area contributed by atoms with Gasteiger partial charge in [0.25, 0.3) is 5.56 Å². The number of rotatable bonds is 5. The highest BCUT2D eigenvalue weighted by atomic mass is 16.7. The molecular formula is C18H21N3O5. The van der Waals surface area contributed by atoms with E-state index in [9.17, 15) is 9.59 Å². The predicted octanol–water partition coefficient (Wildman–Crippen LogP) is 0.974. The number of aromatic nitrogens is 1. The Bertz CT molecular complexity index is 835. The molecule has 1 amide bonds. The Morgan fingerprint density at radius 3 is 2.65 bits per heavy atom. The highest BCUT2D eigenvalue weighted by molar-refractivity contribution is 5.76. The zero-order chi connectivity index (χ0) is 17.9. The number of carbonyl (C=O) groups is 1. The largest absolute Gasteiger partial charge is 0.454 e. The van der Waals surface area contributed by atoms with Crippen LogP contribution in [0.1, 0.15) is 17.7 Å². The molecule has 1 fully saturated rings. The van der Waals surface area contributed by atoms with E-state index in [0.717, 1.165) is 31.1 Å². The molecule has 0 aliphatic carbocycles. The number of nitrogens with one attached hydrogen (secondary N) is 1. The first-order valence-electron chi connectivity index (χ1n) is 8.73. The molecule has 8 nitrogen and oxygen atoms in total. The number of benzene rings is 1. The van der Waals surface area contributed by atoms with Crippen LogP contribution in [0.3, 0.4) is 0 Å². The summed E-state index contributed by atoms with van der Waals surface area (Å²) in [5, 5.41) is 2.24. The molecule has 0 atom stereocenters. The maximum Gasteiger partial charge on any atom is 0.280 e. The number of carbonyl (C=O) groups excluding carboxylic acids is 1. The fraction of sp³-hybridized carbons (Fsp3) is 0.444. The fourth-order valence-corrected chi connectivity index (χ4v) is 3.29. The lowest BCUT2D eigenvalue weighted by atomic mass is 10.1. The van der Waals surface area contributed by atoms with Gasteiger partial charge < -0.3 is 18.9 Å². The van der Waals surface area contributed by atoms with Crippen molar-refractivity contribution >= 4 is 5.91 Å². The second-order valence-corrected chi connectivity index (χ2v) is 6.52. The summed E-state index contributed by atoms with van der Waals surface area (Å²) in [6, 6.07) is 7.40. The predicted molar refractivity (Wildman–Crippen MR) is 92.1 cm³/mol. The lowest BCUT2D eigenvalue weighted by Gasteiger charge is -2.34. The Morgan fingerprint density at radius 1 is 1.08 bits per heavy atom. The van der Waals surface area contributed by atoms with Gasteiger partial charge in [-0.15, -0.1) is 0 Å². The van der Waals surface area contributed by atoms with Crippen molar-refractivity contribution in [2.75, 3.05) is 33.0 Å². The van der Waals surface area contributed by atoms with E-state index in [2.05, 4.69) is 16.1 Å². The Hall–Kier alpha value is -2.74. The van der Waals surface area contributed by atoms with Crippen molar-refractivity contribution in [3.05, 3.63) is 45.9 Å². The average Bonchev–Trinajstić information content (AvgIpc) is 3.28. The van der Waals surface area contributed by atoms with E-state index in [4.69, 9.17) is 14.0 Å². The van der Waals surface area contributed by atoms with Crippen molar-refractivity contribution < 1.29 is 18.8 Å². The van der Waals surface area contributed by atoms with E-state index < -0.39 is 0 Å². The molecule has 0 bridgehead atoms. The number of aryl methyl sites for hydroxylation is 1. The number of H-pyrrole nitrogens is 1. The van der Waals surface area contributed by atoms with Crippen LogP contribution in [0.4, 0.5) is 0 Å². The Morgan fingerprint density at radius 2 is 1.88 bits per heavy atom.